The minimum absolute atomic E-state index is 0.0419. The number of carbonyl (C=O) groups excluding carboxylic acids is 2. The number of benzene rings is 3. The van der Waals surface area contributed by atoms with Gasteiger partial charge in [-0.3, -0.25) is 15.3 Å². The Morgan fingerprint density at radius 1 is 1.00 bits per heavy atom. The lowest BCUT2D eigenvalue weighted by molar-refractivity contribution is -0.124. The van der Waals surface area contributed by atoms with Gasteiger partial charge in [0, 0.05) is 20.9 Å². The molecule has 0 bridgehead atoms. The Morgan fingerprint density at radius 2 is 1.69 bits per heavy atom. The lowest BCUT2D eigenvalue weighted by Crippen LogP contribution is -2.31. The summed E-state index contributed by atoms with van der Waals surface area (Å²) >= 11 is 2.11. The highest BCUT2D eigenvalue weighted by atomic mass is 127. The van der Waals surface area contributed by atoms with Crippen LogP contribution in [0.2, 0.25) is 0 Å². The van der Waals surface area contributed by atoms with Gasteiger partial charge >= 0.3 is 6.09 Å². The lowest BCUT2D eigenvalue weighted by atomic mass is 9.99. The molecule has 0 saturated heterocycles. The van der Waals surface area contributed by atoms with E-state index in [0.717, 1.165) is 3.57 Å². The number of phenols is 1. The summed E-state index contributed by atoms with van der Waals surface area (Å²) in [4.78, 5) is 24.2. The Labute approximate surface area is 216 Å². The van der Waals surface area contributed by atoms with Crippen LogP contribution in [0.15, 0.2) is 91.0 Å². The first kappa shape index (κ1) is 26.0. The number of nitrogens with one attached hydrogen (secondary N) is 2. The molecule has 8 nitrogen and oxygen atoms in total. The highest BCUT2D eigenvalue weighted by Crippen LogP contribution is 2.35. The molecule has 0 aliphatic heterocycles. The van der Waals surface area contributed by atoms with Gasteiger partial charge in [0.2, 0.25) is 0 Å². The van der Waals surface area contributed by atoms with Crippen molar-refractivity contribution in [1.29, 1.82) is 0 Å². The molecule has 35 heavy (non-hydrogen) atoms. The van der Waals surface area contributed by atoms with Gasteiger partial charge in [-0.25, -0.2) is 10.3 Å². The van der Waals surface area contributed by atoms with Gasteiger partial charge < -0.3 is 14.6 Å². The number of allylic oxidation sites excluding steroid dienone is 1. The maximum atomic E-state index is 12.8. The number of ether oxygens (including phenoxy) is 2. The van der Waals surface area contributed by atoms with Crippen LogP contribution in [0, 0.1) is 3.57 Å². The monoisotopic (exact) mass is 588 g/mol. The van der Waals surface area contributed by atoms with Crippen molar-refractivity contribution in [2.45, 2.75) is 25.0 Å². The molecule has 0 spiro atoms. The van der Waals surface area contributed by atoms with Crippen LogP contribution in [-0.4, -0.2) is 28.4 Å². The quantitative estimate of drug-likeness (QED) is 0.106. The zero-order chi connectivity index (χ0) is 25.0. The average Bonchev–Trinajstić information content (AvgIpc) is 2.87. The molecule has 0 heterocycles. The van der Waals surface area contributed by atoms with Crippen LogP contribution in [-0.2, 0) is 9.53 Å². The van der Waals surface area contributed by atoms with E-state index in [4.69, 9.17) is 14.7 Å². The summed E-state index contributed by atoms with van der Waals surface area (Å²) in [6.45, 7) is 0. The van der Waals surface area contributed by atoms with Crippen molar-refractivity contribution in [1.82, 2.24) is 5.48 Å². The standard InChI is InChI=1S/C26H25IN2O6/c27-18-15-16-22(30)21(17-18)25(35-26(32)28-19-9-3-1-4-10-19)23(13-7-8-14-24(31)29-33)34-20-11-5-2-6-12-20/h1-6,8-12,14-17,23,25,30,33H,7,13H2,(H,28,32)(H,29,31)/b14-8+/t23-,25-/m1/s1. The first-order valence-corrected chi connectivity index (χ1v) is 11.9. The fraction of sp³-hybridized carbons (Fsp3) is 0.154. The van der Waals surface area contributed by atoms with Gasteiger partial charge in [-0.15, -0.1) is 0 Å². The number of amides is 2. The third kappa shape index (κ3) is 8.30. The van der Waals surface area contributed by atoms with E-state index >= 15 is 0 Å². The van der Waals surface area contributed by atoms with Crippen molar-refractivity contribution < 1.29 is 29.4 Å². The molecule has 0 saturated carbocycles. The third-order valence-corrected chi connectivity index (χ3v) is 5.59. The molecule has 0 radical (unpaired) electrons. The molecule has 0 aliphatic carbocycles. The molecule has 0 aliphatic rings. The first-order valence-electron chi connectivity index (χ1n) is 10.8. The topological polar surface area (TPSA) is 117 Å². The number of rotatable bonds is 10. The van der Waals surface area contributed by atoms with Gasteiger partial charge in [0.05, 0.1) is 0 Å². The number of hydroxylamine groups is 1. The van der Waals surface area contributed by atoms with E-state index in [1.807, 2.05) is 24.3 Å². The molecule has 182 valence electrons. The summed E-state index contributed by atoms with van der Waals surface area (Å²) in [5.41, 5.74) is 2.48. The Bertz CT molecular complexity index is 1140. The van der Waals surface area contributed by atoms with Crippen LogP contribution in [0.3, 0.4) is 0 Å². The number of hydrogen-bond acceptors (Lipinski definition) is 6. The Kier molecular flexibility index (Phi) is 9.93. The van der Waals surface area contributed by atoms with Crippen LogP contribution in [0.4, 0.5) is 10.5 Å². The van der Waals surface area contributed by atoms with E-state index in [-0.39, 0.29) is 5.75 Å². The highest BCUT2D eigenvalue weighted by molar-refractivity contribution is 14.1. The van der Waals surface area contributed by atoms with Gasteiger partial charge in [0.15, 0.2) is 6.10 Å². The van der Waals surface area contributed by atoms with Gasteiger partial charge in [-0.2, -0.15) is 0 Å². The zero-order valence-electron chi connectivity index (χ0n) is 18.6. The van der Waals surface area contributed by atoms with Crippen molar-refractivity contribution in [3.05, 3.63) is 100 Å². The minimum Gasteiger partial charge on any atom is -0.508 e. The summed E-state index contributed by atoms with van der Waals surface area (Å²) in [7, 11) is 0. The summed E-state index contributed by atoms with van der Waals surface area (Å²) in [6.07, 6.45) is 1.06. The number of para-hydroxylation sites is 2. The van der Waals surface area contributed by atoms with E-state index in [1.165, 1.54) is 17.6 Å². The van der Waals surface area contributed by atoms with Crippen LogP contribution in [0.25, 0.3) is 0 Å². The molecule has 4 N–H and O–H groups in total. The molecular weight excluding hydrogens is 563 g/mol. The largest absolute Gasteiger partial charge is 0.508 e. The zero-order valence-corrected chi connectivity index (χ0v) is 20.8. The molecule has 3 rings (SSSR count). The number of hydrogen-bond donors (Lipinski definition) is 4. The summed E-state index contributed by atoms with van der Waals surface area (Å²) < 4.78 is 12.9. The van der Waals surface area contributed by atoms with Crippen LogP contribution in [0.1, 0.15) is 24.5 Å². The normalized spacial score (nSPS) is 12.5. The molecule has 3 aromatic carbocycles. The highest BCUT2D eigenvalue weighted by Gasteiger charge is 2.31. The molecule has 3 aromatic rings. The summed E-state index contributed by atoms with van der Waals surface area (Å²) in [5.74, 6) is -0.146. The summed E-state index contributed by atoms with van der Waals surface area (Å²) in [5, 5.41) is 22.0. The van der Waals surface area contributed by atoms with E-state index in [0.29, 0.717) is 29.8 Å². The molecule has 0 fully saturated rings. The maximum Gasteiger partial charge on any atom is 0.412 e. The minimum atomic E-state index is -0.978. The van der Waals surface area contributed by atoms with E-state index in [9.17, 15) is 14.7 Å². The smallest absolute Gasteiger partial charge is 0.412 e. The predicted octanol–water partition coefficient (Wildman–Crippen LogP) is 5.58. The number of carbonyl (C=O) groups is 2. The maximum absolute atomic E-state index is 12.8. The second kappa shape index (κ2) is 13.4. The average molecular weight is 588 g/mol. The van der Waals surface area contributed by atoms with Crippen LogP contribution >= 0.6 is 22.6 Å². The first-order chi connectivity index (χ1) is 17.0. The molecule has 2 atom stereocenters. The van der Waals surface area contributed by atoms with Crippen molar-refractivity contribution in [2.24, 2.45) is 0 Å². The Hall–Kier alpha value is -3.57. The van der Waals surface area contributed by atoms with Crippen molar-refractivity contribution in [3.63, 3.8) is 0 Å². The molecule has 9 heteroatoms. The van der Waals surface area contributed by atoms with Gasteiger partial charge in [-0.05, 0) is 77.9 Å². The lowest BCUT2D eigenvalue weighted by Gasteiger charge is -2.28. The second-order valence-electron chi connectivity index (χ2n) is 7.45. The van der Waals surface area contributed by atoms with Gasteiger partial charge in [0.1, 0.15) is 17.6 Å². The number of aromatic hydroxyl groups is 1. The van der Waals surface area contributed by atoms with Crippen LogP contribution < -0.4 is 15.5 Å². The molecule has 0 unspecified atom stereocenters. The van der Waals surface area contributed by atoms with Crippen molar-refractivity contribution in [3.8, 4) is 11.5 Å². The summed E-state index contributed by atoms with van der Waals surface area (Å²) in [6, 6.07) is 22.9. The number of phenolic OH excluding ortho intramolecular Hbond substituents is 1. The van der Waals surface area contributed by atoms with E-state index < -0.39 is 24.2 Å². The molecule has 0 aromatic heterocycles. The van der Waals surface area contributed by atoms with Gasteiger partial charge in [-0.1, -0.05) is 42.5 Å². The number of halogens is 1. The Balaban J connectivity index is 1.91. The van der Waals surface area contributed by atoms with E-state index in [2.05, 4.69) is 27.9 Å². The van der Waals surface area contributed by atoms with Crippen molar-refractivity contribution in [2.75, 3.05) is 5.32 Å². The van der Waals surface area contributed by atoms with Gasteiger partial charge in [0.25, 0.3) is 5.91 Å². The fourth-order valence-corrected chi connectivity index (χ4v) is 3.83. The van der Waals surface area contributed by atoms with Crippen LogP contribution in [0.5, 0.6) is 11.5 Å². The van der Waals surface area contributed by atoms with Crippen molar-refractivity contribution >= 4 is 40.3 Å². The predicted molar refractivity (Wildman–Crippen MR) is 139 cm³/mol. The third-order valence-electron chi connectivity index (χ3n) is 4.92. The van der Waals surface area contributed by atoms with E-state index in [1.54, 1.807) is 54.6 Å². The number of anilines is 1. The second-order valence-corrected chi connectivity index (χ2v) is 8.69. The SMILES string of the molecule is O=C(/C=C/CC[C@@H](Oc1ccccc1)[C@H](OC(=O)Nc1ccccc1)c1cc(I)ccc1O)NO. The molecular formula is C26H25IN2O6. The molecule has 2 amide bonds. The Morgan fingerprint density at radius 3 is 2.37 bits per heavy atom. The fourth-order valence-electron chi connectivity index (χ4n) is 3.31.